The summed E-state index contributed by atoms with van der Waals surface area (Å²) < 4.78 is 31.2. The van der Waals surface area contributed by atoms with Crippen LogP contribution in [-0.2, 0) is 20.1 Å². The number of ether oxygens (including phenoxy) is 3. The summed E-state index contributed by atoms with van der Waals surface area (Å²) in [4.78, 5) is 29.9. The lowest BCUT2D eigenvalue weighted by atomic mass is 10.1. The fourth-order valence-electron chi connectivity index (χ4n) is 3.66. The molecule has 0 radical (unpaired) electrons. The minimum atomic E-state index is -1.83. The lowest BCUT2D eigenvalue weighted by molar-refractivity contribution is -0.277. The maximum absolute atomic E-state index is 13.7. The van der Waals surface area contributed by atoms with Gasteiger partial charge in [-0.1, -0.05) is 13.8 Å². The molecule has 1 aliphatic rings. The number of aromatic nitrogens is 4. The molecular weight excluding hydrogens is 469 g/mol. The summed E-state index contributed by atoms with van der Waals surface area (Å²) in [5, 5.41) is 11.9. The van der Waals surface area contributed by atoms with Gasteiger partial charge in [0.25, 0.3) is 5.91 Å². The fourth-order valence-corrected chi connectivity index (χ4v) is 3.66. The van der Waals surface area contributed by atoms with Crippen molar-refractivity contribution in [1.82, 2.24) is 25.3 Å². The summed E-state index contributed by atoms with van der Waals surface area (Å²) in [6.45, 7) is 5.11. The predicted molar refractivity (Wildman–Crippen MR) is 128 cm³/mol. The van der Waals surface area contributed by atoms with Crippen molar-refractivity contribution < 1.29 is 28.5 Å². The largest absolute Gasteiger partial charge is 0.463 e. The Morgan fingerprint density at radius 2 is 2.00 bits per heavy atom. The molecule has 1 fully saturated rings. The second kappa shape index (κ2) is 11.5. The zero-order valence-corrected chi connectivity index (χ0v) is 20.3. The van der Waals surface area contributed by atoms with E-state index in [0.717, 1.165) is 6.42 Å². The van der Waals surface area contributed by atoms with E-state index in [0.29, 0.717) is 35.7 Å². The van der Waals surface area contributed by atoms with Crippen LogP contribution in [0.2, 0.25) is 0 Å². The number of carbonyl (C=O) groups is 1. The number of hydrogen-bond acceptors (Lipinski definition) is 8. The van der Waals surface area contributed by atoms with Gasteiger partial charge in [0.15, 0.2) is 5.82 Å². The molecule has 4 rings (SSSR count). The van der Waals surface area contributed by atoms with Crippen molar-refractivity contribution in [2.45, 2.75) is 32.5 Å². The molecule has 2 aromatic heterocycles. The van der Waals surface area contributed by atoms with E-state index in [2.05, 4.69) is 20.3 Å². The van der Waals surface area contributed by atoms with E-state index in [1.807, 2.05) is 13.8 Å². The normalized spacial score (nSPS) is 19.7. The van der Waals surface area contributed by atoms with Crippen LogP contribution in [0.3, 0.4) is 0 Å². The first-order chi connectivity index (χ1) is 17.5. The van der Waals surface area contributed by atoms with E-state index in [1.165, 1.54) is 12.1 Å². The standard InChI is InChI=1S/C25H30FN5O5/c1-3-13-34-24-28-11-9-19(29-24)21-20(17-5-7-18(26)8-6-17)30-22(31-21)25(23(33)27-10-4-12-32)35-14-16(2)15-36-25/h5-9,11,16,32H,3-4,10,12-15H2,1-2H3,(H,27,33)(H,30,31). The number of imidazole rings is 1. The number of rotatable bonds is 10. The first-order valence-corrected chi connectivity index (χ1v) is 12.0. The Kier molecular flexibility index (Phi) is 8.24. The van der Waals surface area contributed by atoms with Crippen molar-refractivity contribution in [3.05, 3.63) is 48.2 Å². The summed E-state index contributed by atoms with van der Waals surface area (Å²) in [6, 6.07) is 7.72. The molecule has 3 aromatic rings. The zero-order chi connectivity index (χ0) is 25.5. The van der Waals surface area contributed by atoms with Crippen molar-refractivity contribution in [2.75, 3.05) is 33.0 Å². The van der Waals surface area contributed by atoms with Gasteiger partial charge in [0.1, 0.15) is 5.82 Å². The van der Waals surface area contributed by atoms with Crippen molar-refractivity contribution in [1.29, 1.82) is 0 Å². The van der Waals surface area contributed by atoms with Crippen LogP contribution in [0.25, 0.3) is 22.6 Å². The minimum Gasteiger partial charge on any atom is -0.463 e. The number of aromatic amines is 1. The molecule has 0 unspecified atom stereocenters. The number of halogens is 1. The van der Waals surface area contributed by atoms with Gasteiger partial charge in [0.2, 0.25) is 0 Å². The van der Waals surface area contributed by atoms with Crippen LogP contribution in [0.5, 0.6) is 6.01 Å². The molecule has 0 aliphatic carbocycles. The summed E-state index contributed by atoms with van der Waals surface area (Å²) in [5.74, 6) is -2.55. The molecule has 0 spiro atoms. The van der Waals surface area contributed by atoms with Gasteiger partial charge in [-0.15, -0.1) is 0 Å². The molecule has 1 amide bonds. The van der Waals surface area contributed by atoms with Gasteiger partial charge in [0.05, 0.1) is 36.9 Å². The highest BCUT2D eigenvalue weighted by Gasteiger charge is 2.49. The highest BCUT2D eigenvalue weighted by molar-refractivity contribution is 5.85. The summed E-state index contributed by atoms with van der Waals surface area (Å²) >= 11 is 0. The molecule has 1 saturated heterocycles. The average Bonchev–Trinajstić information content (AvgIpc) is 3.35. The number of nitrogens with zero attached hydrogens (tertiary/aromatic N) is 3. The van der Waals surface area contributed by atoms with Crippen molar-refractivity contribution >= 4 is 5.91 Å². The Morgan fingerprint density at radius 1 is 1.25 bits per heavy atom. The second-order valence-electron chi connectivity index (χ2n) is 8.57. The number of H-pyrrole nitrogens is 1. The third-order valence-electron chi connectivity index (χ3n) is 5.52. The van der Waals surface area contributed by atoms with Crippen LogP contribution < -0.4 is 10.1 Å². The molecular formula is C25H30FN5O5. The van der Waals surface area contributed by atoms with Crippen molar-refractivity contribution in [3.63, 3.8) is 0 Å². The summed E-state index contributed by atoms with van der Waals surface area (Å²) in [5.41, 5.74) is 1.96. The van der Waals surface area contributed by atoms with Crippen LogP contribution in [0.1, 0.15) is 32.5 Å². The van der Waals surface area contributed by atoms with Crippen LogP contribution in [0.15, 0.2) is 36.5 Å². The molecule has 1 aliphatic heterocycles. The third-order valence-corrected chi connectivity index (χ3v) is 5.52. The van der Waals surface area contributed by atoms with Gasteiger partial charge in [-0.05, 0) is 43.2 Å². The van der Waals surface area contributed by atoms with E-state index >= 15 is 0 Å². The van der Waals surface area contributed by atoms with Gasteiger partial charge >= 0.3 is 11.8 Å². The van der Waals surface area contributed by atoms with Gasteiger partial charge in [0, 0.05) is 30.8 Å². The topological polar surface area (TPSA) is 131 Å². The zero-order valence-electron chi connectivity index (χ0n) is 20.3. The molecule has 0 saturated carbocycles. The Morgan fingerprint density at radius 3 is 2.69 bits per heavy atom. The lowest BCUT2D eigenvalue weighted by Gasteiger charge is -2.36. The monoisotopic (exact) mass is 499 g/mol. The first kappa shape index (κ1) is 25.7. The van der Waals surface area contributed by atoms with Gasteiger partial charge in [-0.3, -0.25) is 4.79 Å². The number of amides is 1. The maximum Gasteiger partial charge on any atom is 0.316 e. The number of aliphatic hydroxyl groups is 1. The number of hydrogen-bond donors (Lipinski definition) is 3. The molecule has 10 nitrogen and oxygen atoms in total. The Bertz CT molecular complexity index is 1160. The van der Waals surface area contributed by atoms with Gasteiger partial charge in [-0.2, -0.15) is 4.98 Å². The number of aliphatic hydroxyl groups excluding tert-OH is 1. The number of carbonyl (C=O) groups excluding carboxylic acids is 1. The van der Waals surface area contributed by atoms with Crippen LogP contribution in [-0.4, -0.2) is 63.9 Å². The molecule has 3 heterocycles. The number of nitrogens with one attached hydrogen (secondary N) is 2. The molecule has 3 N–H and O–H groups in total. The molecule has 192 valence electrons. The highest BCUT2D eigenvalue weighted by Crippen LogP contribution is 2.37. The maximum atomic E-state index is 13.7. The fraction of sp³-hybridized carbons (Fsp3) is 0.440. The van der Waals surface area contributed by atoms with Crippen molar-refractivity contribution in [2.24, 2.45) is 5.92 Å². The molecule has 0 atom stereocenters. The van der Waals surface area contributed by atoms with E-state index < -0.39 is 11.7 Å². The van der Waals surface area contributed by atoms with Gasteiger partial charge in [-0.25, -0.2) is 14.4 Å². The first-order valence-electron chi connectivity index (χ1n) is 12.0. The van der Waals surface area contributed by atoms with Crippen LogP contribution in [0, 0.1) is 11.7 Å². The van der Waals surface area contributed by atoms with E-state index in [4.69, 9.17) is 24.3 Å². The Labute approximate surface area is 208 Å². The van der Waals surface area contributed by atoms with E-state index in [9.17, 15) is 9.18 Å². The Hall–Kier alpha value is -3.41. The SMILES string of the molecule is CCCOc1nccc(-c2[nH]c(C3(C(=O)NCCCO)OCC(C)CO3)nc2-c2ccc(F)cc2)n1. The van der Waals surface area contributed by atoms with Crippen molar-refractivity contribution in [3.8, 4) is 28.7 Å². The summed E-state index contributed by atoms with van der Waals surface area (Å²) in [7, 11) is 0. The molecule has 36 heavy (non-hydrogen) atoms. The second-order valence-corrected chi connectivity index (χ2v) is 8.57. The average molecular weight is 500 g/mol. The Balaban J connectivity index is 1.81. The smallest absolute Gasteiger partial charge is 0.316 e. The lowest BCUT2D eigenvalue weighted by Crippen LogP contribution is -2.53. The molecule has 0 bridgehead atoms. The van der Waals surface area contributed by atoms with Crippen LogP contribution >= 0.6 is 0 Å². The third kappa shape index (κ3) is 5.53. The van der Waals surface area contributed by atoms with Crippen LogP contribution in [0.4, 0.5) is 4.39 Å². The van der Waals surface area contributed by atoms with E-state index in [1.54, 1.807) is 24.4 Å². The molecule has 1 aromatic carbocycles. The predicted octanol–water partition coefficient (Wildman–Crippen LogP) is 2.80. The molecule has 11 heteroatoms. The van der Waals surface area contributed by atoms with Gasteiger partial charge < -0.3 is 29.6 Å². The number of benzene rings is 1. The summed E-state index contributed by atoms with van der Waals surface area (Å²) in [6.07, 6.45) is 2.74. The minimum absolute atomic E-state index is 0.0677. The van der Waals surface area contributed by atoms with E-state index in [-0.39, 0.29) is 49.9 Å². The quantitative estimate of drug-likeness (QED) is 0.363. The highest BCUT2D eigenvalue weighted by atomic mass is 19.1.